The number of hydrogen-bond donors (Lipinski definition) is 2. The van der Waals surface area contributed by atoms with E-state index < -0.39 is 11.4 Å². The second kappa shape index (κ2) is 6.45. The van der Waals surface area contributed by atoms with Gasteiger partial charge in [-0.3, -0.25) is 0 Å². The average molecular weight is 228 g/mol. The zero-order valence-corrected chi connectivity index (χ0v) is 10.1. The predicted octanol–water partition coefficient (Wildman–Crippen LogP) is 1.04. The maximum Gasteiger partial charge on any atom is 0.330 e. The van der Waals surface area contributed by atoms with Gasteiger partial charge in [0, 0.05) is 11.5 Å². The van der Waals surface area contributed by atoms with Gasteiger partial charge in [-0.15, -0.1) is 0 Å². The van der Waals surface area contributed by atoms with Crippen molar-refractivity contribution in [1.29, 1.82) is 0 Å². The molecule has 0 aliphatic carbocycles. The summed E-state index contributed by atoms with van der Waals surface area (Å²) in [5.41, 5.74) is 0.885. The lowest BCUT2D eigenvalue weighted by molar-refractivity contribution is -0.137. The van der Waals surface area contributed by atoms with E-state index in [1.807, 2.05) is 13.8 Å². The highest BCUT2D eigenvalue weighted by Gasteiger charge is 2.29. The van der Waals surface area contributed by atoms with Crippen LogP contribution in [0.3, 0.4) is 0 Å². The van der Waals surface area contributed by atoms with Crippen LogP contribution in [0.1, 0.15) is 20.8 Å². The van der Waals surface area contributed by atoms with Crippen LogP contribution < -0.4 is 0 Å². The van der Waals surface area contributed by atoms with Crippen LogP contribution in [0.15, 0.2) is 23.8 Å². The quantitative estimate of drug-likeness (QED) is 0.405. The van der Waals surface area contributed by atoms with Crippen LogP contribution in [0.2, 0.25) is 0 Å². The van der Waals surface area contributed by atoms with E-state index in [2.05, 4.69) is 6.58 Å². The van der Waals surface area contributed by atoms with E-state index in [9.17, 15) is 15.0 Å². The number of aliphatic hydroxyl groups is 2. The molecule has 0 aromatic heterocycles. The number of rotatable bonds is 6. The summed E-state index contributed by atoms with van der Waals surface area (Å²) in [5.74, 6) is -0.517. The van der Waals surface area contributed by atoms with E-state index in [4.69, 9.17) is 4.74 Å². The van der Waals surface area contributed by atoms with Gasteiger partial charge in [0.05, 0.1) is 13.2 Å². The van der Waals surface area contributed by atoms with E-state index >= 15 is 0 Å². The molecule has 0 spiro atoms. The van der Waals surface area contributed by atoms with Gasteiger partial charge < -0.3 is 14.9 Å². The fourth-order valence-corrected chi connectivity index (χ4v) is 1.37. The number of carbonyl (C=O) groups excluding carboxylic acids is 1. The van der Waals surface area contributed by atoms with Crippen molar-refractivity contribution in [3.8, 4) is 0 Å². The molecule has 0 fully saturated rings. The SMILES string of the molecule is C=CC(=O)OCC(=C(C)C)C(C)(CO)CO. The van der Waals surface area contributed by atoms with Crippen LogP contribution in [0, 0.1) is 5.41 Å². The number of hydrogen-bond acceptors (Lipinski definition) is 4. The molecule has 92 valence electrons. The Morgan fingerprint density at radius 2 is 1.88 bits per heavy atom. The third-order valence-corrected chi connectivity index (χ3v) is 2.56. The molecule has 0 aliphatic rings. The highest BCUT2D eigenvalue weighted by atomic mass is 16.5. The van der Waals surface area contributed by atoms with Gasteiger partial charge in [-0.2, -0.15) is 0 Å². The zero-order valence-electron chi connectivity index (χ0n) is 10.1. The van der Waals surface area contributed by atoms with E-state index in [1.165, 1.54) is 0 Å². The molecule has 0 bridgehead atoms. The summed E-state index contributed by atoms with van der Waals surface area (Å²) >= 11 is 0. The van der Waals surface area contributed by atoms with Crippen molar-refractivity contribution in [3.05, 3.63) is 23.8 Å². The number of ether oxygens (including phenoxy) is 1. The molecule has 0 aliphatic heterocycles. The molecule has 0 rings (SSSR count). The lowest BCUT2D eigenvalue weighted by atomic mass is 9.81. The van der Waals surface area contributed by atoms with Crippen molar-refractivity contribution >= 4 is 5.97 Å². The minimum atomic E-state index is -0.764. The second-order valence-electron chi connectivity index (χ2n) is 4.17. The van der Waals surface area contributed by atoms with Gasteiger partial charge in [-0.25, -0.2) is 4.79 Å². The summed E-state index contributed by atoms with van der Waals surface area (Å²) in [5, 5.41) is 18.5. The van der Waals surface area contributed by atoms with Crippen LogP contribution in [0.25, 0.3) is 0 Å². The molecule has 0 radical (unpaired) electrons. The molecule has 4 heteroatoms. The summed E-state index contributed by atoms with van der Waals surface area (Å²) in [6.07, 6.45) is 1.08. The molecule has 0 saturated heterocycles. The number of allylic oxidation sites excluding steroid dienone is 1. The molecule has 0 saturated carbocycles. The smallest absolute Gasteiger partial charge is 0.330 e. The zero-order chi connectivity index (χ0) is 12.8. The van der Waals surface area contributed by atoms with Gasteiger partial charge in [0.2, 0.25) is 0 Å². The number of aliphatic hydroxyl groups excluding tert-OH is 2. The van der Waals surface area contributed by atoms with E-state index in [0.717, 1.165) is 17.2 Å². The molecular formula is C12H20O4. The molecule has 0 atom stereocenters. The number of esters is 1. The molecule has 0 amide bonds. The Morgan fingerprint density at radius 3 is 2.19 bits per heavy atom. The highest BCUT2D eigenvalue weighted by molar-refractivity contribution is 5.81. The molecule has 2 N–H and O–H groups in total. The Labute approximate surface area is 96.2 Å². The first kappa shape index (κ1) is 14.9. The molecule has 0 aromatic carbocycles. The molecule has 4 nitrogen and oxygen atoms in total. The van der Waals surface area contributed by atoms with Crippen molar-refractivity contribution in [1.82, 2.24) is 0 Å². The fraction of sp³-hybridized carbons (Fsp3) is 0.583. The molecule has 0 unspecified atom stereocenters. The molecule has 0 heterocycles. The summed E-state index contributed by atoms with van der Waals surface area (Å²) < 4.78 is 4.93. The van der Waals surface area contributed by atoms with Gasteiger partial charge in [-0.05, 0) is 19.4 Å². The lowest BCUT2D eigenvalue weighted by Crippen LogP contribution is -2.31. The van der Waals surface area contributed by atoms with Gasteiger partial charge in [0.25, 0.3) is 0 Å². The number of carbonyl (C=O) groups is 1. The average Bonchev–Trinajstić information content (AvgIpc) is 2.27. The third-order valence-electron chi connectivity index (χ3n) is 2.56. The standard InChI is InChI=1S/C12H20O4/c1-5-11(15)16-6-10(9(2)3)12(4,7-13)8-14/h5,13-14H,1,6-8H2,2-4H3. The fourth-order valence-electron chi connectivity index (χ4n) is 1.37. The first-order valence-corrected chi connectivity index (χ1v) is 5.09. The van der Waals surface area contributed by atoms with Crippen molar-refractivity contribution in [2.24, 2.45) is 5.41 Å². The molecule has 16 heavy (non-hydrogen) atoms. The van der Waals surface area contributed by atoms with Crippen molar-refractivity contribution in [3.63, 3.8) is 0 Å². The maximum atomic E-state index is 11.0. The van der Waals surface area contributed by atoms with Crippen molar-refractivity contribution < 1.29 is 19.7 Å². The molecular weight excluding hydrogens is 208 g/mol. The highest BCUT2D eigenvalue weighted by Crippen LogP contribution is 2.28. The summed E-state index contributed by atoms with van der Waals surface area (Å²) in [6, 6.07) is 0. The monoisotopic (exact) mass is 228 g/mol. The van der Waals surface area contributed by atoms with Crippen LogP contribution in [-0.2, 0) is 9.53 Å². The lowest BCUT2D eigenvalue weighted by Gasteiger charge is -2.29. The van der Waals surface area contributed by atoms with Crippen LogP contribution in [0.4, 0.5) is 0 Å². The Bertz CT molecular complexity index is 283. The summed E-state index contributed by atoms with van der Waals surface area (Å²) in [7, 11) is 0. The van der Waals surface area contributed by atoms with E-state index in [-0.39, 0.29) is 19.8 Å². The van der Waals surface area contributed by atoms with Gasteiger partial charge >= 0.3 is 5.97 Å². The Morgan fingerprint density at radius 1 is 1.38 bits per heavy atom. The van der Waals surface area contributed by atoms with Gasteiger partial charge in [-0.1, -0.05) is 19.1 Å². The second-order valence-corrected chi connectivity index (χ2v) is 4.17. The third kappa shape index (κ3) is 3.79. The molecule has 0 aromatic rings. The van der Waals surface area contributed by atoms with Crippen molar-refractivity contribution in [2.75, 3.05) is 19.8 Å². The minimum Gasteiger partial charge on any atom is -0.458 e. The Balaban J connectivity index is 4.84. The summed E-state index contributed by atoms with van der Waals surface area (Å²) in [6.45, 7) is 8.37. The predicted molar refractivity (Wildman–Crippen MR) is 61.8 cm³/mol. The minimum absolute atomic E-state index is 0.0603. The van der Waals surface area contributed by atoms with Crippen LogP contribution in [-0.4, -0.2) is 36.0 Å². The van der Waals surface area contributed by atoms with Gasteiger partial charge in [0.15, 0.2) is 0 Å². The van der Waals surface area contributed by atoms with Gasteiger partial charge in [0.1, 0.15) is 6.61 Å². The maximum absolute atomic E-state index is 11.0. The Kier molecular flexibility index (Phi) is 6.00. The first-order valence-electron chi connectivity index (χ1n) is 5.09. The van der Waals surface area contributed by atoms with Crippen molar-refractivity contribution in [2.45, 2.75) is 20.8 Å². The largest absolute Gasteiger partial charge is 0.458 e. The topological polar surface area (TPSA) is 66.8 Å². The Hall–Kier alpha value is -1.13. The van der Waals surface area contributed by atoms with E-state index in [1.54, 1.807) is 6.92 Å². The van der Waals surface area contributed by atoms with E-state index in [0.29, 0.717) is 0 Å². The van der Waals surface area contributed by atoms with Crippen LogP contribution >= 0.6 is 0 Å². The summed E-state index contributed by atoms with van der Waals surface area (Å²) in [4.78, 5) is 11.0. The normalized spacial score (nSPS) is 10.8. The van der Waals surface area contributed by atoms with Crippen LogP contribution in [0.5, 0.6) is 0 Å². The first-order chi connectivity index (χ1) is 7.41.